The van der Waals surface area contributed by atoms with Gasteiger partial charge >= 0.3 is 5.63 Å². The minimum Gasteiger partial charge on any atom is -0.480 e. The molecular formula is C24H34N2O4. The fourth-order valence-electron chi connectivity index (χ4n) is 4.83. The summed E-state index contributed by atoms with van der Waals surface area (Å²) in [5.74, 6) is 0.429. The minimum absolute atomic E-state index is 0.0515. The SMILES string of the molecule is CCc1cc(=O)oc2cc(C)cc(OC(C)C(=O)NC3CC(C)(C)NC(C)(C)C3)c12. The number of benzene rings is 1. The molecule has 30 heavy (non-hydrogen) atoms. The third-order valence-corrected chi connectivity index (χ3v) is 5.62. The number of carbonyl (C=O) groups is 1. The molecule has 3 rings (SSSR count). The summed E-state index contributed by atoms with van der Waals surface area (Å²) in [5.41, 5.74) is 1.77. The van der Waals surface area contributed by atoms with Crippen molar-refractivity contribution in [2.45, 2.75) is 91.0 Å². The Balaban J connectivity index is 1.82. The van der Waals surface area contributed by atoms with Crippen LogP contribution < -0.4 is 21.0 Å². The zero-order chi connectivity index (χ0) is 22.3. The van der Waals surface area contributed by atoms with Gasteiger partial charge < -0.3 is 19.8 Å². The maximum atomic E-state index is 12.9. The highest BCUT2D eigenvalue weighted by Gasteiger charge is 2.38. The first-order chi connectivity index (χ1) is 13.9. The van der Waals surface area contributed by atoms with Crippen LogP contribution in [0.25, 0.3) is 11.0 Å². The predicted molar refractivity (Wildman–Crippen MR) is 119 cm³/mol. The van der Waals surface area contributed by atoms with E-state index in [9.17, 15) is 9.59 Å². The fourth-order valence-corrected chi connectivity index (χ4v) is 4.83. The first kappa shape index (κ1) is 22.3. The molecule has 2 aromatic rings. The molecule has 6 heteroatoms. The normalized spacial score (nSPS) is 19.4. The second-order valence-electron chi connectivity index (χ2n) is 9.85. The van der Waals surface area contributed by atoms with E-state index >= 15 is 0 Å². The topological polar surface area (TPSA) is 80.6 Å². The van der Waals surface area contributed by atoms with Crippen molar-refractivity contribution < 1.29 is 13.9 Å². The molecular weight excluding hydrogens is 380 g/mol. The number of piperidine rings is 1. The molecule has 1 aliphatic rings. The highest BCUT2D eigenvalue weighted by molar-refractivity contribution is 5.88. The molecule has 0 spiro atoms. The van der Waals surface area contributed by atoms with E-state index in [-0.39, 0.29) is 28.7 Å². The molecule has 1 unspecified atom stereocenters. The average molecular weight is 415 g/mol. The van der Waals surface area contributed by atoms with Gasteiger partial charge in [0.1, 0.15) is 11.3 Å². The third-order valence-electron chi connectivity index (χ3n) is 5.62. The molecule has 0 saturated carbocycles. The number of ether oxygens (including phenoxy) is 1. The highest BCUT2D eigenvalue weighted by atomic mass is 16.5. The Morgan fingerprint density at radius 3 is 2.47 bits per heavy atom. The molecule has 1 fully saturated rings. The van der Waals surface area contributed by atoms with Crippen molar-refractivity contribution in [2.75, 3.05) is 0 Å². The fraction of sp³-hybridized carbons (Fsp3) is 0.583. The van der Waals surface area contributed by atoms with Gasteiger partial charge in [0.25, 0.3) is 5.91 Å². The second kappa shape index (κ2) is 8.06. The highest BCUT2D eigenvalue weighted by Crippen LogP contribution is 2.32. The summed E-state index contributed by atoms with van der Waals surface area (Å²) >= 11 is 0. The molecule has 164 valence electrons. The van der Waals surface area contributed by atoms with Crippen LogP contribution in [0.5, 0.6) is 5.75 Å². The van der Waals surface area contributed by atoms with E-state index in [1.807, 2.05) is 26.0 Å². The molecule has 2 N–H and O–H groups in total. The Labute approximate surface area is 178 Å². The van der Waals surface area contributed by atoms with Crippen LogP contribution in [0.1, 0.15) is 65.5 Å². The first-order valence-corrected chi connectivity index (χ1v) is 10.7. The predicted octanol–water partition coefficient (Wildman–Crippen LogP) is 3.86. The lowest BCUT2D eigenvalue weighted by Crippen LogP contribution is -2.62. The molecule has 1 amide bonds. The lowest BCUT2D eigenvalue weighted by Gasteiger charge is -2.46. The molecule has 0 aliphatic carbocycles. The minimum atomic E-state index is -0.673. The Kier molecular flexibility index (Phi) is 6.01. The molecule has 0 bridgehead atoms. The van der Waals surface area contributed by atoms with Gasteiger partial charge in [0.2, 0.25) is 0 Å². The van der Waals surface area contributed by atoms with Crippen molar-refractivity contribution >= 4 is 16.9 Å². The Morgan fingerprint density at radius 1 is 1.23 bits per heavy atom. The molecule has 1 aromatic carbocycles. The van der Waals surface area contributed by atoms with Crippen LogP contribution in [-0.4, -0.2) is 29.1 Å². The number of hydrogen-bond donors (Lipinski definition) is 2. The van der Waals surface area contributed by atoms with Crippen molar-refractivity contribution in [3.05, 3.63) is 39.7 Å². The summed E-state index contributed by atoms with van der Waals surface area (Å²) in [5, 5.41) is 7.56. The van der Waals surface area contributed by atoms with Gasteiger partial charge in [-0.25, -0.2) is 4.79 Å². The number of carbonyl (C=O) groups excluding carboxylic acids is 1. The van der Waals surface area contributed by atoms with Crippen LogP contribution in [0.3, 0.4) is 0 Å². The summed E-state index contributed by atoms with van der Waals surface area (Å²) in [6, 6.07) is 5.29. The monoisotopic (exact) mass is 414 g/mol. The summed E-state index contributed by atoms with van der Waals surface area (Å²) in [6.45, 7) is 14.3. The first-order valence-electron chi connectivity index (χ1n) is 10.7. The van der Waals surface area contributed by atoms with Crippen LogP contribution in [0.2, 0.25) is 0 Å². The standard InChI is InChI=1S/C24H34N2O4/c1-8-16-11-20(27)30-19-10-14(2)9-18(21(16)19)29-15(3)22(28)25-17-12-23(4,5)26-24(6,7)13-17/h9-11,15,17,26H,8,12-13H2,1-7H3,(H,25,28). The van der Waals surface area contributed by atoms with E-state index in [4.69, 9.17) is 9.15 Å². The Hall–Kier alpha value is -2.34. The lowest BCUT2D eigenvalue weighted by atomic mass is 9.79. The van der Waals surface area contributed by atoms with E-state index in [0.29, 0.717) is 17.8 Å². The second-order valence-corrected chi connectivity index (χ2v) is 9.85. The van der Waals surface area contributed by atoms with Crippen molar-refractivity contribution in [1.82, 2.24) is 10.6 Å². The number of hydrogen-bond acceptors (Lipinski definition) is 5. The maximum absolute atomic E-state index is 12.9. The molecule has 1 atom stereocenters. The quantitative estimate of drug-likeness (QED) is 0.726. The van der Waals surface area contributed by atoms with Gasteiger partial charge in [-0.3, -0.25) is 4.79 Å². The zero-order valence-corrected chi connectivity index (χ0v) is 19.1. The zero-order valence-electron chi connectivity index (χ0n) is 19.1. The van der Waals surface area contributed by atoms with E-state index < -0.39 is 6.10 Å². The Bertz CT molecular complexity index is 990. The van der Waals surface area contributed by atoms with Crippen LogP contribution in [0.4, 0.5) is 0 Å². The summed E-state index contributed by atoms with van der Waals surface area (Å²) in [7, 11) is 0. The molecule has 1 saturated heterocycles. The largest absolute Gasteiger partial charge is 0.480 e. The molecule has 1 aliphatic heterocycles. The van der Waals surface area contributed by atoms with Gasteiger partial charge in [0.15, 0.2) is 6.10 Å². The number of rotatable bonds is 5. The van der Waals surface area contributed by atoms with E-state index in [1.54, 1.807) is 6.92 Å². The van der Waals surface area contributed by atoms with Gasteiger partial charge in [0, 0.05) is 23.2 Å². The van der Waals surface area contributed by atoms with Gasteiger partial charge in [-0.15, -0.1) is 0 Å². The Morgan fingerprint density at radius 2 is 1.87 bits per heavy atom. The van der Waals surface area contributed by atoms with Crippen LogP contribution in [0.15, 0.2) is 27.4 Å². The van der Waals surface area contributed by atoms with Gasteiger partial charge in [0.05, 0.1) is 5.39 Å². The summed E-state index contributed by atoms with van der Waals surface area (Å²) in [6.07, 6.45) is 1.70. The smallest absolute Gasteiger partial charge is 0.336 e. The van der Waals surface area contributed by atoms with Crippen molar-refractivity contribution in [2.24, 2.45) is 0 Å². The number of amides is 1. The number of nitrogens with one attached hydrogen (secondary N) is 2. The number of fused-ring (bicyclic) bond motifs is 1. The van der Waals surface area contributed by atoms with Gasteiger partial charge in [-0.2, -0.15) is 0 Å². The van der Waals surface area contributed by atoms with E-state index in [2.05, 4.69) is 38.3 Å². The van der Waals surface area contributed by atoms with Crippen molar-refractivity contribution in [1.29, 1.82) is 0 Å². The van der Waals surface area contributed by atoms with Gasteiger partial charge in [-0.05, 0) is 84.1 Å². The molecule has 2 heterocycles. The van der Waals surface area contributed by atoms with Gasteiger partial charge in [-0.1, -0.05) is 6.92 Å². The number of aryl methyl sites for hydroxylation is 2. The average Bonchev–Trinajstić information content (AvgIpc) is 2.57. The summed E-state index contributed by atoms with van der Waals surface area (Å²) in [4.78, 5) is 24.8. The maximum Gasteiger partial charge on any atom is 0.336 e. The molecule has 1 aromatic heterocycles. The van der Waals surface area contributed by atoms with E-state index in [0.717, 1.165) is 29.4 Å². The third kappa shape index (κ3) is 5.04. The van der Waals surface area contributed by atoms with Crippen LogP contribution in [0, 0.1) is 6.92 Å². The molecule has 6 nitrogen and oxygen atoms in total. The molecule has 0 radical (unpaired) electrons. The van der Waals surface area contributed by atoms with Crippen molar-refractivity contribution in [3.63, 3.8) is 0 Å². The van der Waals surface area contributed by atoms with E-state index in [1.165, 1.54) is 6.07 Å². The lowest BCUT2D eigenvalue weighted by molar-refractivity contribution is -0.128. The van der Waals surface area contributed by atoms with Crippen LogP contribution >= 0.6 is 0 Å². The van der Waals surface area contributed by atoms with Crippen molar-refractivity contribution in [3.8, 4) is 5.75 Å². The summed E-state index contributed by atoms with van der Waals surface area (Å²) < 4.78 is 11.5. The van der Waals surface area contributed by atoms with Crippen LogP contribution in [-0.2, 0) is 11.2 Å².